The molecule has 2 aromatic carbocycles. The summed E-state index contributed by atoms with van der Waals surface area (Å²) >= 11 is 0. The van der Waals surface area contributed by atoms with Crippen LogP contribution in [0.5, 0.6) is 0 Å². The summed E-state index contributed by atoms with van der Waals surface area (Å²) in [6.07, 6.45) is 2.19. The number of hydrogen-bond acceptors (Lipinski definition) is 4. The highest BCUT2D eigenvalue weighted by Crippen LogP contribution is 2.44. The number of aliphatic carboxylic acids is 1. The molecule has 1 saturated carbocycles. The first-order chi connectivity index (χ1) is 16.7. The molecule has 2 aliphatic carbocycles. The lowest BCUT2D eigenvalue weighted by Gasteiger charge is -2.34. The molecule has 0 bridgehead atoms. The van der Waals surface area contributed by atoms with Crippen LogP contribution in [0.3, 0.4) is 0 Å². The number of carboxylic acid groups (broad SMARTS) is 1. The summed E-state index contributed by atoms with van der Waals surface area (Å²) in [6, 6.07) is 16.4. The van der Waals surface area contributed by atoms with Crippen LogP contribution in [0.25, 0.3) is 11.1 Å². The predicted octanol–water partition coefficient (Wildman–Crippen LogP) is 4.70. The number of rotatable bonds is 10. The van der Waals surface area contributed by atoms with Crippen molar-refractivity contribution in [3.63, 3.8) is 0 Å². The number of benzene rings is 2. The molecule has 4 rings (SSSR count). The Hall–Kier alpha value is -3.35. The highest BCUT2D eigenvalue weighted by atomic mass is 16.5. The van der Waals surface area contributed by atoms with Gasteiger partial charge in [-0.1, -0.05) is 48.5 Å². The first-order valence-corrected chi connectivity index (χ1v) is 12.3. The molecule has 0 saturated heterocycles. The lowest BCUT2D eigenvalue weighted by Crippen LogP contribution is -2.45. The first-order valence-electron chi connectivity index (χ1n) is 12.3. The molecule has 0 heterocycles. The fourth-order valence-electron chi connectivity index (χ4n) is 5.20. The van der Waals surface area contributed by atoms with E-state index >= 15 is 0 Å². The van der Waals surface area contributed by atoms with E-state index in [2.05, 4.69) is 34.9 Å². The lowest BCUT2D eigenvalue weighted by molar-refractivity contribution is -0.139. The summed E-state index contributed by atoms with van der Waals surface area (Å²) in [5.41, 5.74) is 4.10. The molecule has 3 N–H and O–H groups in total. The minimum absolute atomic E-state index is 0.00337. The van der Waals surface area contributed by atoms with E-state index in [1.54, 1.807) is 0 Å². The molecule has 0 aliphatic heterocycles. The molecule has 7 nitrogen and oxygen atoms in total. The molecule has 1 fully saturated rings. The summed E-state index contributed by atoms with van der Waals surface area (Å²) < 4.78 is 5.63. The van der Waals surface area contributed by atoms with Gasteiger partial charge < -0.3 is 20.5 Å². The van der Waals surface area contributed by atoms with Crippen molar-refractivity contribution in [1.29, 1.82) is 0 Å². The summed E-state index contributed by atoms with van der Waals surface area (Å²) in [6.45, 7) is 4.59. The first kappa shape index (κ1) is 24.8. The van der Waals surface area contributed by atoms with Crippen LogP contribution in [0.1, 0.15) is 63.0 Å². The highest BCUT2D eigenvalue weighted by molar-refractivity contribution is 5.79. The van der Waals surface area contributed by atoms with E-state index in [-0.39, 0.29) is 30.8 Å². The van der Waals surface area contributed by atoms with Gasteiger partial charge in [0.2, 0.25) is 5.91 Å². The van der Waals surface area contributed by atoms with Gasteiger partial charge in [0.1, 0.15) is 6.61 Å². The predicted molar refractivity (Wildman–Crippen MR) is 133 cm³/mol. The molecule has 0 unspecified atom stereocenters. The Balaban J connectivity index is 1.19. The number of amides is 2. The van der Waals surface area contributed by atoms with Crippen LogP contribution in [-0.4, -0.2) is 41.8 Å². The van der Waals surface area contributed by atoms with E-state index in [1.807, 2.05) is 38.1 Å². The maximum atomic E-state index is 12.6. The second-order valence-corrected chi connectivity index (χ2v) is 10.4. The van der Waals surface area contributed by atoms with Gasteiger partial charge in [0.15, 0.2) is 0 Å². The third-order valence-corrected chi connectivity index (χ3v) is 7.15. The Morgan fingerprint density at radius 3 is 2.17 bits per heavy atom. The van der Waals surface area contributed by atoms with Gasteiger partial charge >= 0.3 is 12.1 Å². The van der Waals surface area contributed by atoms with Crippen LogP contribution < -0.4 is 10.6 Å². The normalized spacial score (nSPS) is 18.7. The monoisotopic (exact) mass is 478 g/mol. The molecular formula is C28H34N2O5. The summed E-state index contributed by atoms with van der Waals surface area (Å²) in [5, 5.41) is 14.7. The zero-order valence-corrected chi connectivity index (χ0v) is 20.4. The van der Waals surface area contributed by atoms with E-state index in [4.69, 9.17) is 9.84 Å². The number of ether oxygens (including phenoxy) is 1. The number of fused-ring (bicyclic) bond motifs is 3. The van der Waals surface area contributed by atoms with Crippen molar-refractivity contribution in [3.8, 4) is 11.1 Å². The van der Waals surface area contributed by atoms with Crippen LogP contribution in [0, 0.1) is 11.8 Å². The van der Waals surface area contributed by atoms with E-state index < -0.39 is 17.6 Å². The zero-order valence-electron chi connectivity index (χ0n) is 20.4. The van der Waals surface area contributed by atoms with Crippen LogP contribution >= 0.6 is 0 Å². The van der Waals surface area contributed by atoms with Gasteiger partial charge in [-0.15, -0.1) is 0 Å². The Bertz CT molecular complexity index is 1040. The van der Waals surface area contributed by atoms with E-state index in [1.165, 1.54) is 11.1 Å². The van der Waals surface area contributed by atoms with Crippen LogP contribution in [0.2, 0.25) is 0 Å². The maximum absolute atomic E-state index is 12.6. The van der Waals surface area contributed by atoms with Crippen LogP contribution in [0.4, 0.5) is 4.79 Å². The second-order valence-electron chi connectivity index (χ2n) is 10.4. The van der Waals surface area contributed by atoms with Gasteiger partial charge in [-0.05, 0) is 67.2 Å². The van der Waals surface area contributed by atoms with Gasteiger partial charge in [-0.3, -0.25) is 9.59 Å². The number of carboxylic acids is 1. The average molecular weight is 479 g/mol. The quantitative estimate of drug-likeness (QED) is 0.459. The molecule has 186 valence electrons. The molecule has 2 aliphatic rings. The molecule has 2 aromatic rings. The molecule has 35 heavy (non-hydrogen) atoms. The zero-order chi connectivity index (χ0) is 25.0. The van der Waals surface area contributed by atoms with E-state index in [0.29, 0.717) is 25.3 Å². The second kappa shape index (κ2) is 10.5. The Kier molecular flexibility index (Phi) is 7.43. The Labute approximate surface area is 206 Å². The summed E-state index contributed by atoms with van der Waals surface area (Å²) in [7, 11) is 0. The van der Waals surface area contributed by atoms with Gasteiger partial charge in [-0.2, -0.15) is 0 Å². The number of hydrogen-bond donors (Lipinski definition) is 3. The van der Waals surface area contributed by atoms with Crippen molar-refractivity contribution in [2.75, 3.05) is 13.2 Å². The Morgan fingerprint density at radius 2 is 1.57 bits per heavy atom. The molecular weight excluding hydrogens is 444 g/mol. The van der Waals surface area contributed by atoms with Gasteiger partial charge in [-0.25, -0.2) is 4.79 Å². The van der Waals surface area contributed by atoms with E-state index in [0.717, 1.165) is 24.0 Å². The summed E-state index contributed by atoms with van der Waals surface area (Å²) in [5.74, 6) is -0.230. The third-order valence-electron chi connectivity index (χ3n) is 7.15. The number of carbonyl (C=O) groups excluding carboxylic acids is 2. The van der Waals surface area contributed by atoms with Gasteiger partial charge in [0.25, 0.3) is 0 Å². The lowest BCUT2D eigenvalue weighted by atomic mass is 9.73. The molecule has 0 aromatic heterocycles. The minimum atomic E-state index is -0.761. The van der Waals surface area contributed by atoms with Crippen molar-refractivity contribution in [3.05, 3.63) is 59.7 Å². The molecule has 7 heteroatoms. The SMILES string of the molecule is CC(C)(CCC(=O)NCC1CC(CC(=O)O)C1)NC(=O)OCC1c2ccccc2-c2ccccc21. The number of carbonyl (C=O) groups is 3. The molecule has 0 atom stereocenters. The fourth-order valence-corrected chi connectivity index (χ4v) is 5.20. The van der Waals surface area contributed by atoms with Gasteiger partial charge in [0.05, 0.1) is 0 Å². The number of alkyl carbamates (subject to hydrolysis) is 1. The van der Waals surface area contributed by atoms with Crippen molar-refractivity contribution in [2.24, 2.45) is 11.8 Å². The maximum Gasteiger partial charge on any atom is 0.407 e. The Morgan fingerprint density at radius 1 is 0.971 bits per heavy atom. The van der Waals surface area contributed by atoms with Crippen molar-refractivity contribution >= 4 is 18.0 Å². The van der Waals surface area contributed by atoms with Crippen molar-refractivity contribution in [2.45, 2.75) is 57.4 Å². The average Bonchev–Trinajstić information content (AvgIpc) is 3.11. The van der Waals surface area contributed by atoms with Crippen LogP contribution in [0.15, 0.2) is 48.5 Å². The smallest absolute Gasteiger partial charge is 0.407 e. The molecule has 0 radical (unpaired) electrons. The largest absolute Gasteiger partial charge is 0.481 e. The van der Waals surface area contributed by atoms with Crippen molar-refractivity contribution in [1.82, 2.24) is 10.6 Å². The minimum Gasteiger partial charge on any atom is -0.481 e. The third kappa shape index (κ3) is 6.21. The van der Waals surface area contributed by atoms with Gasteiger partial charge in [0, 0.05) is 30.8 Å². The number of nitrogens with one attached hydrogen (secondary N) is 2. The topological polar surface area (TPSA) is 105 Å². The fraction of sp³-hybridized carbons (Fsp3) is 0.464. The summed E-state index contributed by atoms with van der Waals surface area (Å²) in [4.78, 5) is 35.6. The van der Waals surface area contributed by atoms with Crippen molar-refractivity contribution < 1.29 is 24.2 Å². The molecule has 2 amide bonds. The van der Waals surface area contributed by atoms with Crippen LogP contribution in [-0.2, 0) is 14.3 Å². The molecule has 0 spiro atoms. The van der Waals surface area contributed by atoms with E-state index in [9.17, 15) is 14.4 Å². The standard InChI is InChI=1S/C28H34N2O5/c1-28(2,12-11-25(31)29-16-19-13-18(14-19)15-26(32)33)30-27(34)35-17-24-22-9-5-3-7-20(22)21-8-4-6-10-23(21)24/h3-10,18-19,24H,11-17H2,1-2H3,(H,29,31)(H,30,34)(H,32,33). The highest BCUT2D eigenvalue weighted by Gasteiger charge is 2.32.